The molecule has 3 aliphatic rings. The van der Waals surface area contributed by atoms with Gasteiger partial charge in [-0.3, -0.25) is 9.69 Å². The number of aliphatic hydroxyl groups excluding tert-OH is 1. The molecule has 1 N–H and O–H groups in total. The minimum Gasteiger partial charge on any atom is -0.454 e. The summed E-state index contributed by atoms with van der Waals surface area (Å²) in [7, 11) is 0. The molecule has 3 heterocycles. The zero-order valence-electron chi connectivity index (χ0n) is 17.2. The smallest absolute Gasteiger partial charge is 0.254 e. The molecule has 3 aliphatic heterocycles. The molecule has 2 atom stereocenters. The van der Waals surface area contributed by atoms with Gasteiger partial charge in [0.05, 0.1) is 11.8 Å². The average molecular weight is 427 g/mol. The molecule has 0 aromatic heterocycles. The average Bonchev–Trinajstić information content (AvgIpc) is 3.27. The summed E-state index contributed by atoms with van der Waals surface area (Å²) in [6.45, 7) is 3.99. The maximum atomic E-state index is 14.1. The second kappa shape index (κ2) is 8.36. The zero-order chi connectivity index (χ0) is 21.4. The van der Waals surface area contributed by atoms with E-state index in [-0.39, 0.29) is 24.6 Å². The molecule has 0 radical (unpaired) electrons. The van der Waals surface area contributed by atoms with Gasteiger partial charge in [-0.15, -0.1) is 0 Å². The minimum atomic E-state index is -0.619. The number of amides is 1. The third kappa shape index (κ3) is 3.93. The van der Waals surface area contributed by atoms with Crippen LogP contribution in [0.4, 0.5) is 10.1 Å². The summed E-state index contributed by atoms with van der Waals surface area (Å²) in [5.74, 6) is 0.908. The summed E-state index contributed by atoms with van der Waals surface area (Å²) in [6, 6.07) is 12.0. The predicted octanol–water partition coefficient (Wildman–Crippen LogP) is 1.95. The number of piperidine rings is 1. The van der Waals surface area contributed by atoms with Crippen molar-refractivity contribution in [3.05, 3.63) is 53.8 Å². The number of hydrogen-bond acceptors (Lipinski definition) is 6. The first-order valence-electron chi connectivity index (χ1n) is 10.7. The number of β-amino-alcohol motifs (C(OH)–C–C–N with tert-alkyl or cyclic N) is 1. The first-order chi connectivity index (χ1) is 15.1. The van der Waals surface area contributed by atoms with Crippen molar-refractivity contribution in [2.24, 2.45) is 0 Å². The van der Waals surface area contributed by atoms with Crippen LogP contribution in [-0.4, -0.2) is 79.0 Å². The van der Waals surface area contributed by atoms with Gasteiger partial charge in [0.25, 0.3) is 5.91 Å². The Hall–Kier alpha value is -2.84. The van der Waals surface area contributed by atoms with Gasteiger partial charge in [-0.1, -0.05) is 12.1 Å². The summed E-state index contributed by atoms with van der Waals surface area (Å²) >= 11 is 0. The van der Waals surface area contributed by atoms with Crippen molar-refractivity contribution >= 4 is 11.6 Å². The summed E-state index contributed by atoms with van der Waals surface area (Å²) in [6.07, 6.45) is 0.0867. The number of halogens is 1. The lowest BCUT2D eigenvalue weighted by Crippen LogP contribution is -2.59. The van der Waals surface area contributed by atoms with Gasteiger partial charge in [0.15, 0.2) is 11.5 Å². The first-order valence-corrected chi connectivity index (χ1v) is 10.7. The van der Waals surface area contributed by atoms with Crippen LogP contribution in [0.15, 0.2) is 42.5 Å². The summed E-state index contributed by atoms with van der Waals surface area (Å²) < 4.78 is 24.7. The van der Waals surface area contributed by atoms with Gasteiger partial charge in [-0.25, -0.2) is 4.39 Å². The molecule has 0 saturated carbocycles. The van der Waals surface area contributed by atoms with Crippen molar-refractivity contribution < 1.29 is 23.8 Å². The van der Waals surface area contributed by atoms with Crippen molar-refractivity contribution in [1.29, 1.82) is 0 Å². The lowest BCUT2D eigenvalue weighted by atomic mass is 9.98. The van der Waals surface area contributed by atoms with E-state index in [1.54, 1.807) is 35.2 Å². The molecule has 8 heteroatoms. The maximum absolute atomic E-state index is 14.1. The molecule has 164 valence electrons. The van der Waals surface area contributed by atoms with Crippen molar-refractivity contribution in [1.82, 2.24) is 9.80 Å². The molecule has 7 nitrogen and oxygen atoms in total. The van der Waals surface area contributed by atoms with Crippen LogP contribution in [0.1, 0.15) is 16.8 Å². The largest absolute Gasteiger partial charge is 0.454 e. The third-order valence-corrected chi connectivity index (χ3v) is 6.43. The number of carbonyl (C=O) groups is 1. The second-order valence-corrected chi connectivity index (χ2v) is 8.22. The second-order valence-electron chi connectivity index (χ2n) is 8.22. The summed E-state index contributed by atoms with van der Waals surface area (Å²) in [5, 5.41) is 10.8. The van der Waals surface area contributed by atoms with Gasteiger partial charge in [0.2, 0.25) is 6.79 Å². The van der Waals surface area contributed by atoms with Crippen LogP contribution >= 0.6 is 0 Å². The number of benzene rings is 2. The normalized spacial score (nSPS) is 23.8. The van der Waals surface area contributed by atoms with Crippen LogP contribution < -0.4 is 14.4 Å². The highest BCUT2D eigenvalue weighted by Gasteiger charge is 2.36. The highest BCUT2D eigenvalue weighted by molar-refractivity contribution is 5.95. The van der Waals surface area contributed by atoms with E-state index < -0.39 is 6.10 Å². The Morgan fingerprint density at radius 2 is 1.77 bits per heavy atom. The number of rotatable bonds is 3. The van der Waals surface area contributed by atoms with Crippen LogP contribution in [0, 0.1) is 5.82 Å². The van der Waals surface area contributed by atoms with Crippen LogP contribution in [0.3, 0.4) is 0 Å². The van der Waals surface area contributed by atoms with Crippen molar-refractivity contribution in [3.8, 4) is 11.5 Å². The number of likely N-dealkylation sites (tertiary alicyclic amines) is 1. The Balaban J connectivity index is 1.18. The molecule has 1 amide bonds. The number of piperazine rings is 1. The first kappa shape index (κ1) is 20.1. The lowest BCUT2D eigenvalue weighted by molar-refractivity contribution is -0.0107. The molecular formula is C23H26FN3O4. The van der Waals surface area contributed by atoms with E-state index in [0.717, 1.165) is 13.1 Å². The number of fused-ring (bicyclic) bond motifs is 1. The van der Waals surface area contributed by atoms with Gasteiger partial charge in [-0.2, -0.15) is 0 Å². The SMILES string of the molecule is O=C(c1ccc2c(c1)OCO2)N1CC[C@@H](N2CCN(c3ccccc3F)CC2)[C@H](O)C1. The quantitative estimate of drug-likeness (QED) is 0.808. The van der Waals surface area contributed by atoms with Crippen molar-refractivity contribution in [2.75, 3.05) is 51.0 Å². The molecule has 0 spiro atoms. The maximum Gasteiger partial charge on any atom is 0.254 e. The number of para-hydroxylation sites is 1. The Bertz CT molecular complexity index is 964. The Labute approximate surface area is 180 Å². The fraction of sp³-hybridized carbons (Fsp3) is 0.435. The molecule has 2 saturated heterocycles. The Kier molecular flexibility index (Phi) is 5.41. The minimum absolute atomic E-state index is 0.00331. The third-order valence-electron chi connectivity index (χ3n) is 6.43. The molecule has 2 aromatic carbocycles. The number of anilines is 1. The van der Waals surface area contributed by atoms with Gasteiger partial charge in [-0.05, 0) is 36.8 Å². The highest BCUT2D eigenvalue weighted by atomic mass is 19.1. The standard InChI is InChI=1S/C23H26FN3O4/c24-17-3-1-2-4-18(17)25-9-11-26(12-10-25)19-7-8-27(14-20(19)28)23(29)16-5-6-21-22(13-16)31-15-30-21/h1-6,13,19-20,28H,7-12,14-15H2/t19-,20-/m1/s1. The molecule has 2 aromatic rings. The predicted molar refractivity (Wildman–Crippen MR) is 113 cm³/mol. The van der Waals surface area contributed by atoms with Crippen molar-refractivity contribution in [3.63, 3.8) is 0 Å². The molecule has 0 bridgehead atoms. The summed E-state index contributed by atoms with van der Waals surface area (Å²) in [5.41, 5.74) is 1.17. The number of hydrogen-bond donors (Lipinski definition) is 1. The number of ether oxygens (including phenoxy) is 2. The van der Waals surface area contributed by atoms with E-state index >= 15 is 0 Å². The van der Waals surface area contributed by atoms with Crippen LogP contribution in [-0.2, 0) is 0 Å². The van der Waals surface area contributed by atoms with Gasteiger partial charge in [0.1, 0.15) is 5.82 Å². The van der Waals surface area contributed by atoms with E-state index in [0.29, 0.717) is 55.3 Å². The van der Waals surface area contributed by atoms with E-state index in [4.69, 9.17) is 9.47 Å². The fourth-order valence-corrected chi connectivity index (χ4v) is 4.74. The van der Waals surface area contributed by atoms with Crippen molar-refractivity contribution in [2.45, 2.75) is 18.6 Å². The number of nitrogens with zero attached hydrogens (tertiary/aromatic N) is 3. The number of aliphatic hydroxyl groups is 1. The zero-order valence-corrected chi connectivity index (χ0v) is 17.2. The number of carbonyl (C=O) groups excluding carboxylic acids is 1. The topological polar surface area (TPSA) is 65.5 Å². The van der Waals surface area contributed by atoms with E-state index in [2.05, 4.69) is 9.80 Å². The lowest BCUT2D eigenvalue weighted by Gasteiger charge is -2.45. The molecular weight excluding hydrogens is 401 g/mol. The summed E-state index contributed by atoms with van der Waals surface area (Å²) in [4.78, 5) is 18.9. The van der Waals surface area contributed by atoms with Crippen LogP contribution in [0.2, 0.25) is 0 Å². The molecule has 2 fully saturated rings. The molecule has 0 unspecified atom stereocenters. The van der Waals surface area contributed by atoms with E-state index in [1.165, 1.54) is 6.07 Å². The van der Waals surface area contributed by atoms with Gasteiger partial charge >= 0.3 is 0 Å². The molecule has 0 aliphatic carbocycles. The molecule has 5 rings (SSSR count). The Morgan fingerprint density at radius 3 is 2.55 bits per heavy atom. The Morgan fingerprint density at radius 1 is 1.00 bits per heavy atom. The fourth-order valence-electron chi connectivity index (χ4n) is 4.74. The highest BCUT2D eigenvalue weighted by Crippen LogP contribution is 2.33. The van der Waals surface area contributed by atoms with Crippen LogP contribution in [0.25, 0.3) is 0 Å². The van der Waals surface area contributed by atoms with Gasteiger partial charge in [0, 0.05) is 50.9 Å². The van der Waals surface area contributed by atoms with Gasteiger partial charge < -0.3 is 24.4 Å². The molecule has 31 heavy (non-hydrogen) atoms. The van der Waals surface area contributed by atoms with E-state index in [9.17, 15) is 14.3 Å². The van der Waals surface area contributed by atoms with Crippen LogP contribution in [0.5, 0.6) is 11.5 Å². The van der Waals surface area contributed by atoms with E-state index in [1.807, 2.05) is 6.07 Å². The monoisotopic (exact) mass is 427 g/mol.